The predicted octanol–water partition coefficient (Wildman–Crippen LogP) is -3.37. The van der Waals surface area contributed by atoms with Crippen molar-refractivity contribution in [3.8, 4) is 0 Å². The van der Waals surface area contributed by atoms with E-state index in [1.807, 2.05) is 0 Å². The van der Waals surface area contributed by atoms with Crippen LogP contribution in [0.15, 0.2) is 116 Å². The van der Waals surface area contributed by atoms with Crippen molar-refractivity contribution in [3.05, 3.63) is 144 Å². The Kier molecular flexibility index (Phi) is 29.6. The molecule has 0 radical (unpaired) electrons. The van der Waals surface area contributed by atoms with Crippen molar-refractivity contribution in [2.75, 3.05) is 44.3 Å². The molecule has 556 valence electrons. The van der Waals surface area contributed by atoms with E-state index in [1.165, 1.54) is 28.7 Å². The van der Waals surface area contributed by atoms with Crippen LogP contribution in [0.1, 0.15) is 66.6 Å². The minimum absolute atomic E-state index is 0.0186. The number of nitrogens with one attached hydrogen (secondary N) is 14. The lowest BCUT2D eigenvalue weighted by Gasteiger charge is -2.31. The largest absolute Gasteiger partial charge is 0.480 e. The third kappa shape index (κ3) is 22.6. The number of imidazole rings is 2. The molecule has 11 atom stereocenters. The summed E-state index contributed by atoms with van der Waals surface area (Å²) in [5.74, 6) is -11.2. The number of carbonyl (C=O) groups is 12. The van der Waals surface area contributed by atoms with Gasteiger partial charge in [0.2, 0.25) is 65.0 Å². The normalized spacial score (nSPS) is 16.7. The fraction of sp³-hybridized carbons (Fsp3) is 0.426. The number of fused-ring (bicyclic) bond motifs is 1. The first-order valence-corrected chi connectivity index (χ1v) is 35.1. The highest BCUT2D eigenvalue weighted by molar-refractivity contribution is 7.80. The molecule has 2 aliphatic heterocycles. The highest BCUT2D eigenvalue weighted by Crippen LogP contribution is 2.24. The number of hydrogen-bond donors (Lipinski definition) is 20. The van der Waals surface area contributed by atoms with Crippen LogP contribution in [0.4, 0.5) is 0 Å². The molecule has 11 unspecified atom stereocenters. The lowest BCUT2D eigenvalue weighted by Crippen LogP contribution is -2.61. The maximum atomic E-state index is 15.0. The second-order valence-electron chi connectivity index (χ2n) is 25.1. The maximum absolute atomic E-state index is 15.0. The Morgan fingerprint density at radius 1 is 0.548 bits per heavy atom. The molecule has 0 bridgehead atoms. The average Bonchev–Trinajstić information content (AvgIpc) is 1.64. The summed E-state index contributed by atoms with van der Waals surface area (Å²) >= 11 is 8.60. The number of aromatic amines is 3. The molecule has 0 spiro atoms. The first kappa shape index (κ1) is 78.9. The molecule has 3 aromatic carbocycles. The zero-order valence-electron chi connectivity index (χ0n) is 56.7. The Bertz CT molecular complexity index is 3950. The third-order valence-corrected chi connectivity index (χ3v) is 18.3. The molecule has 2 aliphatic rings. The van der Waals surface area contributed by atoms with Gasteiger partial charge in [-0.25, -0.2) is 14.8 Å². The van der Waals surface area contributed by atoms with Gasteiger partial charge in [0, 0.05) is 92.7 Å². The molecule has 34 nitrogen and oxygen atoms in total. The van der Waals surface area contributed by atoms with Crippen molar-refractivity contribution in [3.63, 3.8) is 0 Å². The second kappa shape index (κ2) is 39.0. The predicted molar refractivity (Wildman–Crippen MR) is 384 cm³/mol. The summed E-state index contributed by atoms with van der Waals surface area (Å²) < 4.78 is 0. The van der Waals surface area contributed by atoms with Gasteiger partial charge in [-0.3, -0.25) is 58.1 Å². The number of carboxylic acid groups (broad SMARTS) is 1. The number of aliphatic hydroxyl groups is 1. The van der Waals surface area contributed by atoms with E-state index in [1.54, 1.807) is 97.3 Å². The smallest absolute Gasteiger partial charge is 0.326 e. The Morgan fingerprint density at radius 2 is 1.03 bits per heavy atom. The summed E-state index contributed by atoms with van der Waals surface area (Å²) in [6.07, 6.45) is 8.17. The number of nitrogens with two attached hydrogens (primary N) is 2. The van der Waals surface area contributed by atoms with Gasteiger partial charge in [0.05, 0.1) is 43.2 Å². The van der Waals surface area contributed by atoms with Gasteiger partial charge in [-0.05, 0) is 61.3 Å². The molecule has 2 fully saturated rings. The van der Waals surface area contributed by atoms with Crippen LogP contribution < -0.4 is 64.6 Å². The number of carbonyl (C=O) groups excluding carboxylic acids is 11. The number of hydrogen-bond acceptors (Lipinski definition) is 19. The summed E-state index contributed by atoms with van der Waals surface area (Å²) in [7, 11) is 0. The third-order valence-electron chi connectivity index (χ3n) is 17.6. The van der Waals surface area contributed by atoms with Gasteiger partial charge in [-0.15, -0.1) is 0 Å². The number of carboxylic acids is 1. The fourth-order valence-electron chi connectivity index (χ4n) is 12.2. The van der Waals surface area contributed by atoms with E-state index in [4.69, 9.17) is 16.9 Å². The summed E-state index contributed by atoms with van der Waals surface area (Å²) in [5.41, 5.74) is 15.1. The van der Waals surface area contributed by atoms with Crippen LogP contribution in [0, 0.1) is 5.41 Å². The molecule has 3 aromatic heterocycles. The highest BCUT2D eigenvalue weighted by atomic mass is 32.1. The number of benzene rings is 3. The Labute approximate surface area is 608 Å². The van der Waals surface area contributed by atoms with Gasteiger partial charge in [-0.2, -0.15) is 25.3 Å². The Morgan fingerprint density at radius 3 is 1.55 bits per heavy atom. The van der Waals surface area contributed by atoms with E-state index in [9.17, 15) is 53.4 Å². The Balaban J connectivity index is 0.948. The van der Waals surface area contributed by atoms with Crippen molar-refractivity contribution in [2.45, 2.75) is 137 Å². The highest BCUT2D eigenvalue weighted by Gasteiger charge is 2.42. The van der Waals surface area contributed by atoms with E-state index in [0.717, 1.165) is 0 Å². The molecule has 104 heavy (non-hydrogen) atoms. The van der Waals surface area contributed by atoms with Gasteiger partial charge in [0.25, 0.3) is 0 Å². The van der Waals surface area contributed by atoms with E-state index < -0.39 is 151 Å². The van der Waals surface area contributed by atoms with Gasteiger partial charge in [0.15, 0.2) is 5.96 Å². The van der Waals surface area contributed by atoms with Crippen LogP contribution in [-0.2, 0) is 89.6 Å². The molecule has 0 aliphatic carbocycles. The first-order valence-electron chi connectivity index (χ1n) is 33.8. The van der Waals surface area contributed by atoms with Gasteiger partial charge in [0.1, 0.15) is 60.4 Å². The fourth-order valence-corrected chi connectivity index (χ4v) is 12.7. The molecule has 5 heterocycles. The number of H-pyrrole nitrogens is 3. The zero-order valence-corrected chi connectivity index (χ0v) is 58.5. The van der Waals surface area contributed by atoms with E-state index in [0.29, 0.717) is 58.2 Å². The zero-order chi connectivity index (χ0) is 74.8. The molecule has 0 saturated carbocycles. The molecular weight excluding hydrogens is 1390 g/mol. The van der Waals surface area contributed by atoms with Crippen LogP contribution in [-0.4, -0.2) is 233 Å². The summed E-state index contributed by atoms with van der Waals surface area (Å²) in [4.78, 5) is 187. The van der Waals surface area contributed by atoms with Crippen LogP contribution in [0.3, 0.4) is 0 Å². The van der Waals surface area contributed by atoms with Crippen LogP contribution in [0.5, 0.6) is 0 Å². The number of amides is 11. The van der Waals surface area contributed by atoms with Gasteiger partial charge >= 0.3 is 5.97 Å². The molecule has 20 N–H and O–H groups in total. The molecule has 6 aromatic rings. The number of aliphatic carboxylic acids is 1. The minimum Gasteiger partial charge on any atom is -0.480 e. The molecule has 8 rings (SSSR count). The average molecular weight is 1470 g/mol. The summed E-state index contributed by atoms with van der Waals surface area (Å²) in [6.45, 7) is -1.44. The van der Waals surface area contributed by atoms with Crippen molar-refractivity contribution in [1.29, 1.82) is 5.41 Å². The number of aromatic nitrogens is 5. The van der Waals surface area contributed by atoms with Crippen LogP contribution in [0.25, 0.3) is 10.9 Å². The van der Waals surface area contributed by atoms with Crippen molar-refractivity contribution < 1.29 is 67.7 Å². The molecule has 2 saturated heterocycles. The van der Waals surface area contributed by atoms with Crippen LogP contribution >= 0.6 is 25.3 Å². The molecule has 36 heteroatoms. The first-order chi connectivity index (χ1) is 50.0. The number of para-hydroxylation sites is 1. The quantitative estimate of drug-likeness (QED) is 0.00779. The number of rotatable bonds is 38. The van der Waals surface area contributed by atoms with E-state index >= 15 is 14.4 Å². The van der Waals surface area contributed by atoms with Gasteiger partial charge in [-0.1, -0.05) is 78.9 Å². The lowest BCUT2D eigenvalue weighted by atomic mass is 10.0. The van der Waals surface area contributed by atoms with Crippen molar-refractivity contribution in [1.82, 2.24) is 87.9 Å². The number of guanidine groups is 1. The minimum atomic E-state index is -1.73. The Hall–Kier alpha value is -10.9. The summed E-state index contributed by atoms with van der Waals surface area (Å²) in [6, 6.07) is 9.40. The monoisotopic (exact) mass is 1470 g/mol. The topological polar surface area (TPSA) is 521 Å². The molecular formula is C68H88N20O14S2. The van der Waals surface area contributed by atoms with Crippen molar-refractivity contribution >= 4 is 113 Å². The van der Waals surface area contributed by atoms with Crippen LogP contribution in [0.2, 0.25) is 0 Å². The van der Waals surface area contributed by atoms with E-state index in [2.05, 4.69) is 103 Å². The number of thiol groups is 2. The summed E-state index contributed by atoms with van der Waals surface area (Å²) in [5, 5.41) is 55.0. The number of nitrogens with zero attached hydrogens (tertiary/aromatic N) is 4. The second-order valence-corrected chi connectivity index (χ2v) is 25.8. The van der Waals surface area contributed by atoms with Gasteiger partial charge < -0.3 is 99.6 Å². The SMILES string of the molecule is N=C(N)NCCCC(NC(=O)C(Cc1ccccc1)NC(=O)C(Cc1c[nH]c2ccccc12)NC(=O)C(CO)NC(=O)CNC(=O)C(CS)NC(=O)C1CCCN1C(=O)C(N)Cc1c[nH]cn1)C(=O)N1CCCC1C(=O)NC(CS)C(=O)NC(Cc1ccccc1)C(=O)NC(Cc1c[nH]cn1)C(=O)O. The standard InChI is InChI=1S/C68H88N20O14S2/c69-44(27-41-30-72-36-77-41)65(99)87-22-10-19-54(87)63(97)85-52(34-103)57(91)76-32-56(90)79-51(33-89)61(95)83-49(26-40-29-75-45-17-8-7-16-43(40)45)60(94)81-47(24-38-12-3-1-4-13-38)58(92)80-46(18-9-21-74-68(70)71)66(100)88-23-11-20-55(88)64(98)86-53(35-104)62(96)82-48(25-39-14-5-2-6-15-39)59(93)84-50(67(101)102)28-42-31-73-37-78-42/h1-8,12-17,29-31,36-37,44,46-55,75,89,103-104H,9-11,18-28,32-35,69H2,(H,72,77)(H,73,78)(H,76,91)(H,79,90)(H,80,92)(H,81,94)(H,82,96)(H,83,95)(H,84,93)(H,85,97)(H,86,98)(H,101,102)(H4,70,71,74). The molecule has 11 amide bonds. The number of aliphatic hydroxyl groups excluding tert-OH is 1. The number of likely N-dealkylation sites (tertiary alicyclic amines) is 2. The van der Waals surface area contributed by atoms with Crippen molar-refractivity contribution in [2.24, 2.45) is 11.5 Å². The van der Waals surface area contributed by atoms with E-state index in [-0.39, 0.29) is 88.5 Å². The lowest BCUT2D eigenvalue weighted by molar-refractivity contribution is -0.143. The maximum Gasteiger partial charge on any atom is 0.326 e.